The number of para-hydroxylation sites is 1. The molecule has 0 spiro atoms. The quantitative estimate of drug-likeness (QED) is 0.915. The van der Waals surface area contributed by atoms with Crippen molar-refractivity contribution in [1.29, 1.82) is 0 Å². The van der Waals surface area contributed by atoms with Gasteiger partial charge in [0, 0.05) is 30.9 Å². The summed E-state index contributed by atoms with van der Waals surface area (Å²) >= 11 is 6.38. The molecule has 1 aliphatic rings. The van der Waals surface area contributed by atoms with Crippen LogP contribution in [-0.4, -0.2) is 29.1 Å². The van der Waals surface area contributed by atoms with E-state index in [0.29, 0.717) is 23.7 Å². The molecule has 0 bridgehead atoms. The number of halogens is 1. The highest BCUT2D eigenvalue weighted by Crippen LogP contribution is 2.35. The Morgan fingerprint density at radius 3 is 2.95 bits per heavy atom. The molecule has 1 unspecified atom stereocenters. The summed E-state index contributed by atoms with van der Waals surface area (Å²) in [6.45, 7) is 0.510. The van der Waals surface area contributed by atoms with Crippen LogP contribution >= 0.6 is 11.6 Å². The van der Waals surface area contributed by atoms with Crippen molar-refractivity contribution in [3.8, 4) is 0 Å². The Labute approximate surface area is 115 Å². The number of fused-ring (bicyclic) bond motifs is 1. The Morgan fingerprint density at radius 1 is 1.42 bits per heavy atom. The van der Waals surface area contributed by atoms with E-state index < -0.39 is 0 Å². The van der Waals surface area contributed by atoms with Gasteiger partial charge in [0.25, 0.3) is 0 Å². The van der Waals surface area contributed by atoms with E-state index in [9.17, 15) is 4.79 Å². The van der Waals surface area contributed by atoms with Crippen LogP contribution in [0.5, 0.6) is 0 Å². The third kappa shape index (κ3) is 2.07. The number of aliphatic hydroxyl groups excluding tert-OH is 1. The summed E-state index contributed by atoms with van der Waals surface area (Å²) in [4.78, 5) is 17.9. The van der Waals surface area contributed by atoms with Crippen molar-refractivity contribution in [3.05, 3.63) is 35.5 Å². The largest absolute Gasteiger partial charge is 0.396 e. The summed E-state index contributed by atoms with van der Waals surface area (Å²) < 4.78 is 0. The molecule has 98 valence electrons. The fourth-order valence-corrected chi connectivity index (χ4v) is 2.73. The predicted molar refractivity (Wildman–Crippen MR) is 74.3 cm³/mol. The van der Waals surface area contributed by atoms with Crippen molar-refractivity contribution >= 4 is 34.1 Å². The first kappa shape index (κ1) is 12.4. The van der Waals surface area contributed by atoms with Gasteiger partial charge < -0.3 is 10.0 Å². The zero-order chi connectivity index (χ0) is 13.4. The van der Waals surface area contributed by atoms with Crippen LogP contribution < -0.4 is 4.90 Å². The third-order valence-electron chi connectivity index (χ3n) is 3.45. The molecule has 5 heteroatoms. The Balaban J connectivity index is 2.06. The SMILES string of the molecule is O=C1CC(CO)CN1c1cnc2ccccc2c1Cl. The number of benzene rings is 1. The second-order valence-corrected chi connectivity index (χ2v) is 5.11. The van der Waals surface area contributed by atoms with Gasteiger partial charge in [0.05, 0.1) is 22.4 Å². The zero-order valence-electron chi connectivity index (χ0n) is 10.2. The first-order valence-electron chi connectivity index (χ1n) is 6.15. The van der Waals surface area contributed by atoms with Gasteiger partial charge >= 0.3 is 0 Å². The topological polar surface area (TPSA) is 53.4 Å². The molecular formula is C14H13ClN2O2. The fourth-order valence-electron chi connectivity index (χ4n) is 2.42. The van der Waals surface area contributed by atoms with E-state index >= 15 is 0 Å². The average Bonchev–Trinajstić information content (AvgIpc) is 2.81. The highest BCUT2D eigenvalue weighted by molar-refractivity contribution is 6.38. The molecular weight excluding hydrogens is 264 g/mol. The molecule has 0 saturated carbocycles. The van der Waals surface area contributed by atoms with E-state index in [4.69, 9.17) is 16.7 Å². The number of anilines is 1. The highest BCUT2D eigenvalue weighted by Gasteiger charge is 2.31. The Morgan fingerprint density at radius 2 is 2.21 bits per heavy atom. The molecule has 1 aromatic carbocycles. The van der Waals surface area contributed by atoms with Crippen LogP contribution in [0.2, 0.25) is 5.02 Å². The number of aliphatic hydroxyl groups is 1. The molecule has 0 radical (unpaired) electrons. The zero-order valence-corrected chi connectivity index (χ0v) is 11.0. The molecule has 19 heavy (non-hydrogen) atoms. The molecule has 1 amide bonds. The van der Waals surface area contributed by atoms with E-state index in [2.05, 4.69) is 4.98 Å². The third-order valence-corrected chi connectivity index (χ3v) is 3.84. The summed E-state index contributed by atoms with van der Waals surface area (Å²) in [6, 6.07) is 7.56. The smallest absolute Gasteiger partial charge is 0.227 e. The van der Waals surface area contributed by atoms with Crippen LogP contribution in [0.3, 0.4) is 0 Å². The molecule has 1 aliphatic heterocycles. The van der Waals surface area contributed by atoms with E-state index in [1.807, 2.05) is 24.3 Å². The summed E-state index contributed by atoms with van der Waals surface area (Å²) in [7, 11) is 0. The number of hydrogen-bond donors (Lipinski definition) is 1. The second-order valence-electron chi connectivity index (χ2n) is 4.73. The normalized spacial score (nSPS) is 19.4. The van der Waals surface area contributed by atoms with Crippen LogP contribution in [0.25, 0.3) is 10.9 Å². The number of amides is 1. The molecule has 2 heterocycles. The van der Waals surface area contributed by atoms with Crippen molar-refractivity contribution in [1.82, 2.24) is 4.98 Å². The predicted octanol–water partition coefficient (Wildman–Crippen LogP) is 2.23. The maximum absolute atomic E-state index is 12.0. The van der Waals surface area contributed by atoms with Crippen molar-refractivity contribution < 1.29 is 9.90 Å². The van der Waals surface area contributed by atoms with E-state index in [1.54, 1.807) is 11.1 Å². The van der Waals surface area contributed by atoms with Crippen molar-refractivity contribution in [2.45, 2.75) is 6.42 Å². The lowest BCUT2D eigenvalue weighted by atomic mass is 10.1. The number of pyridine rings is 1. The molecule has 2 aromatic rings. The van der Waals surface area contributed by atoms with Gasteiger partial charge in [-0.15, -0.1) is 0 Å². The van der Waals surface area contributed by atoms with Gasteiger partial charge in [0.1, 0.15) is 0 Å². The molecule has 0 aliphatic carbocycles. The molecule has 1 fully saturated rings. The summed E-state index contributed by atoms with van der Waals surface area (Å²) in [6.07, 6.45) is 1.99. The van der Waals surface area contributed by atoms with Crippen molar-refractivity contribution in [2.24, 2.45) is 5.92 Å². The van der Waals surface area contributed by atoms with Crippen LogP contribution in [0.1, 0.15) is 6.42 Å². The minimum Gasteiger partial charge on any atom is -0.396 e. The maximum atomic E-state index is 12.0. The van der Waals surface area contributed by atoms with Crippen LogP contribution in [0.4, 0.5) is 5.69 Å². The van der Waals surface area contributed by atoms with Gasteiger partial charge in [-0.2, -0.15) is 0 Å². The lowest BCUT2D eigenvalue weighted by Crippen LogP contribution is -2.25. The first-order valence-corrected chi connectivity index (χ1v) is 6.53. The van der Waals surface area contributed by atoms with E-state index in [0.717, 1.165) is 10.9 Å². The standard InChI is InChI=1S/C14H13ClN2O2/c15-14-10-3-1-2-4-11(10)16-6-12(14)17-7-9(8-18)5-13(17)19/h1-4,6,9,18H,5,7-8H2. The number of hydrogen-bond acceptors (Lipinski definition) is 3. The van der Waals surface area contributed by atoms with E-state index in [1.165, 1.54) is 0 Å². The second kappa shape index (κ2) is 4.79. The van der Waals surface area contributed by atoms with E-state index in [-0.39, 0.29) is 18.4 Å². The lowest BCUT2D eigenvalue weighted by Gasteiger charge is -2.18. The number of nitrogens with zero attached hydrogens (tertiary/aromatic N) is 2. The van der Waals surface area contributed by atoms with Gasteiger partial charge in [-0.1, -0.05) is 29.8 Å². The lowest BCUT2D eigenvalue weighted by molar-refractivity contribution is -0.117. The van der Waals surface area contributed by atoms with Crippen LogP contribution in [-0.2, 0) is 4.79 Å². The molecule has 4 nitrogen and oxygen atoms in total. The van der Waals surface area contributed by atoms with Gasteiger partial charge in [0.15, 0.2) is 0 Å². The van der Waals surface area contributed by atoms with Crippen molar-refractivity contribution in [3.63, 3.8) is 0 Å². The fraction of sp³-hybridized carbons (Fsp3) is 0.286. The van der Waals surface area contributed by atoms with Gasteiger partial charge in [0.2, 0.25) is 5.91 Å². The van der Waals surface area contributed by atoms with Gasteiger partial charge in [-0.25, -0.2) is 0 Å². The van der Waals surface area contributed by atoms with Crippen molar-refractivity contribution in [2.75, 3.05) is 18.1 Å². The Hall–Kier alpha value is -1.65. The Kier molecular flexibility index (Phi) is 3.12. The van der Waals surface area contributed by atoms with Crippen LogP contribution in [0.15, 0.2) is 30.5 Å². The van der Waals surface area contributed by atoms with Crippen LogP contribution in [0, 0.1) is 5.92 Å². The number of rotatable bonds is 2. The summed E-state index contributed by atoms with van der Waals surface area (Å²) in [5, 5.41) is 10.5. The number of aromatic nitrogens is 1. The minimum absolute atomic E-state index is 0.0148. The minimum atomic E-state index is -0.0185. The molecule has 1 N–H and O–H groups in total. The molecule has 1 saturated heterocycles. The monoisotopic (exact) mass is 276 g/mol. The molecule has 1 atom stereocenters. The number of carbonyl (C=O) groups is 1. The first-order chi connectivity index (χ1) is 9.20. The average molecular weight is 277 g/mol. The molecule has 3 rings (SSSR count). The molecule has 1 aromatic heterocycles. The summed E-state index contributed by atoms with van der Waals surface area (Å²) in [5.74, 6) is -0.0342. The highest BCUT2D eigenvalue weighted by atomic mass is 35.5. The Bertz CT molecular complexity index is 644. The van der Waals surface area contributed by atoms with Gasteiger partial charge in [-0.05, 0) is 6.07 Å². The van der Waals surface area contributed by atoms with Gasteiger partial charge in [-0.3, -0.25) is 9.78 Å². The summed E-state index contributed by atoms with van der Waals surface area (Å²) in [5.41, 5.74) is 1.43. The number of carbonyl (C=O) groups excluding carboxylic acids is 1. The maximum Gasteiger partial charge on any atom is 0.227 e.